The van der Waals surface area contributed by atoms with Gasteiger partial charge >= 0.3 is 0 Å². The first-order valence-corrected chi connectivity index (χ1v) is 4.25. The number of benzene rings is 1. The fourth-order valence-electron chi connectivity index (χ4n) is 1.08. The van der Waals surface area contributed by atoms with E-state index in [0.29, 0.717) is 5.57 Å². The SMILES string of the molecule is C=C(C)C(=O)N(C)c1ccc(O)cc1. The second-order valence-electron chi connectivity index (χ2n) is 3.16. The maximum atomic E-state index is 11.5. The second-order valence-corrected chi connectivity index (χ2v) is 3.16. The van der Waals surface area contributed by atoms with Crippen molar-refractivity contribution in [2.75, 3.05) is 11.9 Å². The Bertz CT molecular complexity index is 354. The van der Waals surface area contributed by atoms with Crippen molar-refractivity contribution in [1.29, 1.82) is 0 Å². The van der Waals surface area contributed by atoms with Crippen LogP contribution in [0.5, 0.6) is 5.75 Å². The molecule has 0 radical (unpaired) electrons. The highest BCUT2D eigenvalue weighted by Gasteiger charge is 2.10. The van der Waals surface area contributed by atoms with E-state index in [9.17, 15) is 4.79 Å². The van der Waals surface area contributed by atoms with Crippen LogP contribution >= 0.6 is 0 Å². The van der Waals surface area contributed by atoms with Gasteiger partial charge in [-0.2, -0.15) is 0 Å². The number of carbonyl (C=O) groups excluding carboxylic acids is 1. The lowest BCUT2D eigenvalue weighted by Crippen LogP contribution is -2.26. The number of phenols is 1. The van der Waals surface area contributed by atoms with E-state index in [4.69, 9.17) is 5.11 Å². The van der Waals surface area contributed by atoms with Crippen molar-refractivity contribution >= 4 is 11.6 Å². The normalized spacial score (nSPS) is 9.57. The van der Waals surface area contributed by atoms with Gasteiger partial charge in [0.2, 0.25) is 0 Å². The Kier molecular flexibility index (Phi) is 2.92. The molecule has 74 valence electrons. The van der Waals surface area contributed by atoms with Crippen molar-refractivity contribution in [3.05, 3.63) is 36.4 Å². The van der Waals surface area contributed by atoms with Crippen molar-refractivity contribution in [2.24, 2.45) is 0 Å². The number of nitrogens with zero attached hydrogens (tertiary/aromatic N) is 1. The van der Waals surface area contributed by atoms with Gasteiger partial charge in [-0.15, -0.1) is 0 Å². The molecule has 1 rings (SSSR count). The van der Waals surface area contributed by atoms with Crippen LogP contribution in [0.2, 0.25) is 0 Å². The Balaban J connectivity index is 2.89. The van der Waals surface area contributed by atoms with E-state index in [1.165, 1.54) is 17.0 Å². The summed E-state index contributed by atoms with van der Waals surface area (Å²) in [5.74, 6) is 0.0561. The van der Waals surface area contributed by atoms with Crippen LogP contribution in [0, 0.1) is 0 Å². The Morgan fingerprint density at radius 2 is 1.86 bits per heavy atom. The fraction of sp³-hybridized carbons (Fsp3) is 0.182. The van der Waals surface area contributed by atoms with Crippen LogP contribution in [0.25, 0.3) is 0 Å². The van der Waals surface area contributed by atoms with Crippen LogP contribution in [-0.4, -0.2) is 18.1 Å². The molecule has 1 amide bonds. The van der Waals surface area contributed by atoms with Crippen LogP contribution in [0.3, 0.4) is 0 Å². The monoisotopic (exact) mass is 191 g/mol. The van der Waals surface area contributed by atoms with Gasteiger partial charge in [0.1, 0.15) is 5.75 Å². The molecule has 0 saturated heterocycles. The minimum atomic E-state index is -0.129. The number of hydrogen-bond donors (Lipinski definition) is 1. The van der Waals surface area contributed by atoms with Crippen LogP contribution in [-0.2, 0) is 4.79 Å². The zero-order valence-electron chi connectivity index (χ0n) is 8.32. The van der Waals surface area contributed by atoms with Crippen LogP contribution in [0.4, 0.5) is 5.69 Å². The summed E-state index contributed by atoms with van der Waals surface area (Å²) in [7, 11) is 1.67. The first kappa shape index (κ1) is 10.3. The Labute approximate surface area is 83.3 Å². The van der Waals surface area contributed by atoms with Gasteiger partial charge < -0.3 is 10.0 Å². The van der Waals surface area contributed by atoms with Crippen LogP contribution in [0.15, 0.2) is 36.4 Å². The van der Waals surface area contributed by atoms with E-state index < -0.39 is 0 Å². The lowest BCUT2D eigenvalue weighted by atomic mass is 10.2. The number of rotatable bonds is 2. The molecule has 0 atom stereocenters. The Hall–Kier alpha value is -1.77. The van der Waals surface area contributed by atoms with Crippen LogP contribution < -0.4 is 4.90 Å². The van der Waals surface area contributed by atoms with Gasteiger partial charge in [-0.1, -0.05) is 6.58 Å². The van der Waals surface area contributed by atoms with Crippen molar-refractivity contribution in [3.63, 3.8) is 0 Å². The smallest absolute Gasteiger partial charge is 0.253 e. The molecular weight excluding hydrogens is 178 g/mol. The molecule has 3 nitrogen and oxygen atoms in total. The first-order chi connectivity index (χ1) is 6.52. The minimum absolute atomic E-state index is 0.129. The number of amides is 1. The summed E-state index contributed by atoms with van der Waals surface area (Å²) >= 11 is 0. The number of likely N-dealkylation sites (N-methyl/N-ethyl adjacent to an activating group) is 1. The zero-order valence-corrected chi connectivity index (χ0v) is 8.32. The van der Waals surface area contributed by atoms with Gasteiger partial charge in [0.15, 0.2) is 0 Å². The predicted molar refractivity (Wildman–Crippen MR) is 56.3 cm³/mol. The molecule has 0 bridgehead atoms. The molecular formula is C11H13NO2. The summed E-state index contributed by atoms with van der Waals surface area (Å²) in [5, 5.41) is 9.07. The molecule has 1 N–H and O–H groups in total. The number of carbonyl (C=O) groups is 1. The van der Waals surface area contributed by atoms with Gasteiger partial charge in [-0.05, 0) is 31.2 Å². The van der Waals surface area contributed by atoms with E-state index in [0.717, 1.165) is 5.69 Å². The third kappa shape index (κ3) is 2.13. The third-order valence-corrected chi connectivity index (χ3v) is 1.91. The number of hydrogen-bond acceptors (Lipinski definition) is 2. The molecule has 0 heterocycles. The number of phenolic OH excluding ortho intramolecular Hbond substituents is 1. The van der Waals surface area contributed by atoms with E-state index in [1.807, 2.05) is 0 Å². The van der Waals surface area contributed by atoms with Crippen molar-refractivity contribution in [3.8, 4) is 5.75 Å². The van der Waals surface area contributed by atoms with E-state index >= 15 is 0 Å². The predicted octanol–water partition coefficient (Wildman–Crippen LogP) is 1.93. The van der Waals surface area contributed by atoms with E-state index in [2.05, 4.69) is 6.58 Å². The fourth-order valence-corrected chi connectivity index (χ4v) is 1.08. The van der Waals surface area contributed by atoms with Crippen LogP contribution in [0.1, 0.15) is 6.92 Å². The topological polar surface area (TPSA) is 40.5 Å². The standard InChI is InChI=1S/C11H13NO2/c1-8(2)11(14)12(3)9-4-6-10(13)7-5-9/h4-7,13H,1H2,2-3H3. The van der Waals surface area contributed by atoms with Crippen molar-refractivity contribution < 1.29 is 9.90 Å². The lowest BCUT2D eigenvalue weighted by Gasteiger charge is -2.16. The lowest BCUT2D eigenvalue weighted by molar-refractivity contribution is -0.114. The highest BCUT2D eigenvalue weighted by atomic mass is 16.3. The molecule has 0 aliphatic heterocycles. The molecule has 0 aliphatic carbocycles. The number of aromatic hydroxyl groups is 1. The molecule has 0 aliphatic rings. The quantitative estimate of drug-likeness (QED) is 0.725. The van der Waals surface area contributed by atoms with Gasteiger partial charge in [0.25, 0.3) is 5.91 Å². The average Bonchev–Trinajstić information content (AvgIpc) is 2.16. The van der Waals surface area contributed by atoms with Crippen molar-refractivity contribution in [2.45, 2.75) is 6.92 Å². The Morgan fingerprint density at radius 3 is 2.29 bits per heavy atom. The third-order valence-electron chi connectivity index (χ3n) is 1.91. The summed E-state index contributed by atoms with van der Waals surface area (Å²) < 4.78 is 0. The Morgan fingerprint density at radius 1 is 1.36 bits per heavy atom. The maximum Gasteiger partial charge on any atom is 0.253 e. The molecule has 0 saturated carbocycles. The van der Waals surface area contributed by atoms with E-state index in [1.54, 1.807) is 26.1 Å². The van der Waals surface area contributed by atoms with Gasteiger partial charge in [-0.25, -0.2) is 0 Å². The largest absolute Gasteiger partial charge is 0.508 e. The summed E-state index contributed by atoms with van der Waals surface area (Å²) in [6, 6.07) is 6.43. The second kappa shape index (κ2) is 3.96. The average molecular weight is 191 g/mol. The summed E-state index contributed by atoms with van der Waals surface area (Å²) in [4.78, 5) is 13.0. The minimum Gasteiger partial charge on any atom is -0.508 e. The molecule has 1 aromatic rings. The van der Waals surface area contributed by atoms with Gasteiger partial charge in [-0.3, -0.25) is 4.79 Å². The zero-order chi connectivity index (χ0) is 10.7. The maximum absolute atomic E-state index is 11.5. The summed E-state index contributed by atoms with van der Waals surface area (Å²) in [6.45, 7) is 5.24. The summed E-state index contributed by atoms with van der Waals surface area (Å²) in [6.07, 6.45) is 0. The molecule has 0 aromatic heterocycles. The number of anilines is 1. The van der Waals surface area contributed by atoms with E-state index in [-0.39, 0.29) is 11.7 Å². The highest BCUT2D eigenvalue weighted by molar-refractivity contribution is 6.04. The first-order valence-electron chi connectivity index (χ1n) is 4.25. The summed E-state index contributed by atoms with van der Waals surface area (Å²) in [5.41, 5.74) is 1.22. The van der Waals surface area contributed by atoms with Gasteiger partial charge in [0.05, 0.1) is 0 Å². The molecule has 0 spiro atoms. The molecule has 1 aromatic carbocycles. The molecule has 3 heteroatoms. The van der Waals surface area contributed by atoms with Crippen molar-refractivity contribution in [1.82, 2.24) is 0 Å². The molecule has 14 heavy (non-hydrogen) atoms. The molecule has 0 fully saturated rings. The van der Waals surface area contributed by atoms with Gasteiger partial charge in [0, 0.05) is 18.3 Å². The highest BCUT2D eigenvalue weighted by Crippen LogP contribution is 2.18. The molecule has 0 unspecified atom stereocenters.